The molecule has 0 saturated heterocycles. The Labute approximate surface area is 145 Å². The van der Waals surface area contributed by atoms with Gasteiger partial charge in [0.25, 0.3) is 5.56 Å². The number of benzene rings is 1. The van der Waals surface area contributed by atoms with Crippen molar-refractivity contribution in [3.8, 4) is 0 Å². The highest BCUT2D eigenvalue weighted by atomic mass is 16.1. The van der Waals surface area contributed by atoms with E-state index in [-0.39, 0.29) is 11.5 Å². The Hall–Kier alpha value is -2.96. The summed E-state index contributed by atoms with van der Waals surface area (Å²) < 4.78 is 1.60. The third-order valence-corrected chi connectivity index (χ3v) is 3.94. The first-order valence-electron chi connectivity index (χ1n) is 8.29. The zero-order valence-corrected chi connectivity index (χ0v) is 14.6. The molecule has 0 fully saturated rings. The standard InChI is InChI=1S/C18H21N5O2/c1-4-5-14-16-17(23(3)22-14)18(25)21-15(20-16)10-12-6-8-13(9-7-12)19-11(2)24/h6-9H,4-5,10H2,1-3H3,(H,19,24)(H,20,21,25). The molecule has 2 aromatic heterocycles. The first-order chi connectivity index (χ1) is 12.0. The van der Waals surface area contributed by atoms with E-state index >= 15 is 0 Å². The predicted molar refractivity (Wildman–Crippen MR) is 96.7 cm³/mol. The number of anilines is 1. The van der Waals surface area contributed by atoms with Gasteiger partial charge in [0, 0.05) is 26.1 Å². The lowest BCUT2D eigenvalue weighted by Gasteiger charge is -2.05. The Balaban J connectivity index is 1.92. The van der Waals surface area contributed by atoms with Crippen LogP contribution in [0.2, 0.25) is 0 Å². The van der Waals surface area contributed by atoms with E-state index in [1.807, 2.05) is 24.3 Å². The molecule has 0 radical (unpaired) electrons. The van der Waals surface area contributed by atoms with Crippen LogP contribution in [-0.2, 0) is 24.7 Å². The number of hydrogen-bond donors (Lipinski definition) is 2. The number of nitrogens with one attached hydrogen (secondary N) is 2. The molecule has 1 aromatic carbocycles. The van der Waals surface area contributed by atoms with Crippen LogP contribution in [0.25, 0.3) is 11.0 Å². The lowest BCUT2D eigenvalue weighted by molar-refractivity contribution is -0.114. The van der Waals surface area contributed by atoms with Crippen molar-refractivity contribution in [2.45, 2.75) is 33.1 Å². The van der Waals surface area contributed by atoms with E-state index in [1.165, 1.54) is 6.92 Å². The molecular formula is C18H21N5O2. The van der Waals surface area contributed by atoms with Crippen LogP contribution in [0.15, 0.2) is 29.1 Å². The van der Waals surface area contributed by atoms with Crippen molar-refractivity contribution in [2.75, 3.05) is 5.32 Å². The third kappa shape index (κ3) is 3.60. The molecule has 7 heteroatoms. The maximum Gasteiger partial charge on any atom is 0.277 e. The SMILES string of the molecule is CCCc1nn(C)c2c(=O)[nH]c(Cc3ccc(NC(C)=O)cc3)nc12. The van der Waals surface area contributed by atoms with Gasteiger partial charge in [0.05, 0.1) is 5.69 Å². The average molecular weight is 339 g/mol. The Bertz CT molecular complexity index is 970. The molecule has 0 unspecified atom stereocenters. The van der Waals surface area contributed by atoms with E-state index in [0.717, 1.165) is 29.8 Å². The number of amides is 1. The molecule has 2 heterocycles. The van der Waals surface area contributed by atoms with Gasteiger partial charge in [-0.05, 0) is 24.1 Å². The van der Waals surface area contributed by atoms with Crippen molar-refractivity contribution >= 4 is 22.6 Å². The summed E-state index contributed by atoms with van der Waals surface area (Å²) in [5.41, 5.74) is 3.61. The summed E-state index contributed by atoms with van der Waals surface area (Å²) in [5.74, 6) is 0.499. The fourth-order valence-corrected chi connectivity index (χ4v) is 2.88. The van der Waals surface area contributed by atoms with Crippen LogP contribution in [0.5, 0.6) is 0 Å². The number of nitrogens with zero attached hydrogens (tertiary/aromatic N) is 3. The Morgan fingerprint density at radius 3 is 2.64 bits per heavy atom. The van der Waals surface area contributed by atoms with Gasteiger partial charge in [-0.3, -0.25) is 14.3 Å². The van der Waals surface area contributed by atoms with Gasteiger partial charge < -0.3 is 10.3 Å². The summed E-state index contributed by atoms with van der Waals surface area (Å²) in [6.45, 7) is 3.55. The number of aromatic nitrogens is 4. The van der Waals surface area contributed by atoms with Crippen molar-refractivity contribution < 1.29 is 4.79 Å². The molecule has 3 aromatic rings. The van der Waals surface area contributed by atoms with Gasteiger partial charge in [0.2, 0.25) is 5.91 Å². The van der Waals surface area contributed by atoms with E-state index in [9.17, 15) is 9.59 Å². The highest BCUT2D eigenvalue weighted by Gasteiger charge is 2.14. The molecule has 2 N–H and O–H groups in total. The van der Waals surface area contributed by atoms with Crippen LogP contribution in [0.3, 0.4) is 0 Å². The molecule has 0 spiro atoms. The normalized spacial score (nSPS) is 11.0. The van der Waals surface area contributed by atoms with Gasteiger partial charge in [-0.25, -0.2) is 4.98 Å². The van der Waals surface area contributed by atoms with Gasteiger partial charge >= 0.3 is 0 Å². The number of aromatic amines is 1. The van der Waals surface area contributed by atoms with E-state index in [1.54, 1.807) is 11.7 Å². The monoisotopic (exact) mass is 339 g/mol. The van der Waals surface area contributed by atoms with Crippen molar-refractivity contribution in [1.82, 2.24) is 19.7 Å². The average Bonchev–Trinajstić information content (AvgIpc) is 2.86. The maximum absolute atomic E-state index is 12.4. The molecule has 0 saturated carbocycles. The summed E-state index contributed by atoms with van der Waals surface area (Å²) in [7, 11) is 1.76. The summed E-state index contributed by atoms with van der Waals surface area (Å²) >= 11 is 0. The zero-order chi connectivity index (χ0) is 18.0. The van der Waals surface area contributed by atoms with Gasteiger partial charge in [-0.2, -0.15) is 5.10 Å². The van der Waals surface area contributed by atoms with E-state index < -0.39 is 0 Å². The molecular weight excluding hydrogens is 318 g/mol. The zero-order valence-electron chi connectivity index (χ0n) is 14.6. The molecule has 1 amide bonds. The number of H-pyrrole nitrogens is 1. The fraction of sp³-hybridized carbons (Fsp3) is 0.333. The molecule has 130 valence electrons. The summed E-state index contributed by atoms with van der Waals surface area (Å²) in [5, 5.41) is 7.15. The predicted octanol–water partition coefficient (Wildman–Crippen LogP) is 2.16. The van der Waals surface area contributed by atoms with Crippen LogP contribution < -0.4 is 10.9 Å². The van der Waals surface area contributed by atoms with Crippen LogP contribution in [0.4, 0.5) is 5.69 Å². The topological polar surface area (TPSA) is 92.7 Å². The largest absolute Gasteiger partial charge is 0.326 e. The van der Waals surface area contributed by atoms with Gasteiger partial charge in [0.1, 0.15) is 11.3 Å². The van der Waals surface area contributed by atoms with Crippen LogP contribution in [0.1, 0.15) is 37.4 Å². The van der Waals surface area contributed by atoms with Crippen LogP contribution in [0, 0.1) is 0 Å². The number of carbonyl (C=O) groups is 1. The molecule has 0 bridgehead atoms. The van der Waals surface area contributed by atoms with Crippen molar-refractivity contribution in [2.24, 2.45) is 7.05 Å². The minimum Gasteiger partial charge on any atom is -0.326 e. The number of hydrogen-bond acceptors (Lipinski definition) is 4. The van der Waals surface area contributed by atoms with E-state index in [4.69, 9.17) is 0 Å². The number of aryl methyl sites for hydroxylation is 2. The fourth-order valence-electron chi connectivity index (χ4n) is 2.88. The first-order valence-corrected chi connectivity index (χ1v) is 8.29. The lowest BCUT2D eigenvalue weighted by Crippen LogP contribution is -2.14. The molecule has 0 atom stereocenters. The number of carbonyl (C=O) groups excluding carboxylic acids is 1. The molecule has 0 aliphatic heterocycles. The molecule has 7 nitrogen and oxygen atoms in total. The summed E-state index contributed by atoms with van der Waals surface area (Å²) in [6.07, 6.45) is 2.24. The molecule has 0 aliphatic carbocycles. The lowest BCUT2D eigenvalue weighted by atomic mass is 10.1. The van der Waals surface area contributed by atoms with Gasteiger partial charge in [0.15, 0.2) is 5.52 Å². The summed E-state index contributed by atoms with van der Waals surface area (Å²) in [6, 6.07) is 7.48. The van der Waals surface area contributed by atoms with Gasteiger partial charge in [-0.15, -0.1) is 0 Å². The van der Waals surface area contributed by atoms with Crippen molar-refractivity contribution in [3.05, 3.63) is 51.7 Å². The third-order valence-electron chi connectivity index (χ3n) is 3.94. The highest BCUT2D eigenvalue weighted by molar-refractivity contribution is 5.88. The number of rotatable bonds is 5. The molecule has 3 rings (SSSR count). The second-order valence-electron chi connectivity index (χ2n) is 6.09. The Morgan fingerprint density at radius 1 is 1.28 bits per heavy atom. The van der Waals surface area contributed by atoms with Crippen LogP contribution >= 0.6 is 0 Å². The summed E-state index contributed by atoms with van der Waals surface area (Å²) in [4.78, 5) is 30.9. The Kier molecular flexibility index (Phi) is 4.65. The Morgan fingerprint density at radius 2 is 2.00 bits per heavy atom. The highest BCUT2D eigenvalue weighted by Crippen LogP contribution is 2.16. The first kappa shape index (κ1) is 16.9. The van der Waals surface area contributed by atoms with Crippen LogP contribution in [-0.4, -0.2) is 25.7 Å². The molecule has 25 heavy (non-hydrogen) atoms. The molecule has 0 aliphatic rings. The second-order valence-corrected chi connectivity index (χ2v) is 6.09. The maximum atomic E-state index is 12.4. The smallest absolute Gasteiger partial charge is 0.277 e. The van der Waals surface area contributed by atoms with Gasteiger partial charge in [-0.1, -0.05) is 25.5 Å². The second kappa shape index (κ2) is 6.88. The quantitative estimate of drug-likeness (QED) is 0.745. The van der Waals surface area contributed by atoms with E-state index in [0.29, 0.717) is 23.3 Å². The minimum atomic E-state index is -0.174. The van der Waals surface area contributed by atoms with Crippen molar-refractivity contribution in [3.63, 3.8) is 0 Å². The van der Waals surface area contributed by atoms with Crippen molar-refractivity contribution in [1.29, 1.82) is 0 Å². The minimum absolute atomic E-state index is 0.107. The number of fused-ring (bicyclic) bond motifs is 1. The van der Waals surface area contributed by atoms with E-state index in [2.05, 4.69) is 27.3 Å².